The maximum atomic E-state index is 16.0. The fourth-order valence-corrected chi connectivity index (χ4v) is 14.5. The summed E-state index contributed by atoms with van der Waals surface area (Å²) in [5.41, 5.74) is 2.69. The molecule has 0 aromatic carbocycles. The van der Waals surface area contributed by atoms with E-state index in [-0.39, 0.29) is 56.2 Å². The molecule has 0 unspecified atom stereocenters. The Balaban J connectivity index is 1.24. The number of rotatable bonds is 18. The van der Waals surface area contributed by atoms with Gasteiger partial charge in [-0.1, -0.05) is 0 Å². The second-order valence-electron chi connectivity index (χ2n) is 12.9. The Morgan fingerprint density at radius 1 is 0.397 bits per heavy atom. The van der Waals surface area contributed by atoms with Crippen molar-refractivity contribution in [3.63, 3.8) is 0 Å². The van der Waals surface area contributed by atoms with Crippen LogP contribution in [0.25, 0.3) is 58.5 Å². The van der Waals surface area contributed by atoms with E-state index in [1.165, 1.54) is 74.9 Å². The Hall–Kier alpha value is -4.43. The minimum atomic E-state index is -1.03. The molecule has 58 heavy (non-hydrogen) atoms. The minimum Gasteiger partial charge on any atom is -0.481 e. The first kappa shape index (κ1) is 41.7. The molecule has 0 aliphatic heterocycles. The lowest BCUT2D eigenvalue weighted by molar-refractivity contribution is -0.138. The van der Waals surface area contributed by atoms with Crippen LogP contribution in [0, 0.1) is 17.5 Å². The second-order valence-corrected chi connectivity index (χ2v) is 20.0. The molecule has 300 valence electrons. The van der Waals surface area contributed by atoms with Gasteiger partial charge in [-0.2, -0.15) is 0 Å². The van der Waals surface area contributed by atoms with Crippen molar-refractivity contribution in [3.8, 4) is 58.5 Å². The van der Waals surface area contributed by atoms with Gasteiger partial charge in [-0.15, -0.1) is 79.4 Å². The highest BCUT2D eigenvalue weighted by atomic mass is 32.1. The van der Waals surface area contributed by atoms with Gasteiger partial charge in [-0.3, -0.25) is 19.2 Å². The predicted octanol–water partition coefficient (Wildman–Crippen LogP) is 12.6. The van der Waals surface area contributed by atoms with Crippen LogP contribution in [0.3, 0.4) is 0 Å². The molecule has 7 rings (SSSR count). The normalized spacial score (nSPS) is 11.4. The number of hydrogen-bond acceptors (Lipinski definition) is 11. The third-order valence-corrected chi connectivity index (χ3v) is 17.6. The lowest BCUT2D eigenvalue weighted by Crippen LogP contribution is -1.97. The zero-order valence-corrected chi connectivity index (χ0v) is 35.5. The number of aliphatic carboxylic acids is 4. The van der Waals surface area contributed by atoms with Crippen molar-refractivity contribution in [2.24, 2.45) is 0 Å². The summed E-state index contributed by atoms with van der Waals surface area (Å²) in [7, 11) is 0. The van der Waals surface area contributed by atoms with Crippen molar-refractivity contribution >= 4 is 103 Å². The first-order chi connectivity index (χ1) is 27.7. The monoisotopic (exact) mass is 918 g/mol. The predicted molar refractivity (Wildman–Crippen MR) is 228 cm³/mol. The maximum Gasteiger partial charge on any atom is 0.303 e. The van der Waals surface area contributed by atoms with Gasteiger partial charge in [0.05, 0.1) is 24.4 Å². The lowest BCUT2D eigenvalue weighted by atomic mass is 10.1. The van der Waals surface area contributed by atoms with Gasteiger partial charge in [0.15, 0.2) is 0 Å². The quantitative estimate of drug-likeness (QED) is 0.0665. The van der Waals surface area contributed by atoms with E-state index >= 15 is 13.2 Å². The van der Waals surface area contributed by atoms with Crippen LogP contribution in [0.4, 0.5) is 13.2 Å². The Morgan fingerprint density at radius 3 is 1.31 bits per heavy atom. The largest absolute Gasteiger partial charge is 0.481 e. The molecule has 0 saturated heterocycles. The van der Waals surface area contributed by atoms with E-state index in [0.717, 1.165) is 33.1 Å². The van der Waals surface area contributed by atoms with E-state index in [2.05, 4.69) is 0 Å². The molecule has 0 atom stereocenters. The fourth-order valence-electron chi connectivity index (χ4n) is 6.24. The second kappa shape index (κ2) is 17.8. The van der Waals surface area contributed by atoms with Gasteiger partial charge in [0.1, 0.15) is 17.5 Å². The molecule has 18 heteroatoms. The summed E-state index contributed by atoms with van der Waals surface area (Å²) in [4.78, 5) is 51.8. The van der Waals surface area contributed by atoms with Crippen LogP contribution < -0.4 is 0 Å². The number of carboxylic acid groups (broad SMARTS) is 4. The summed E-state index contributed by atoms with van der Waals surface area (Å²) < 4.78 is 47.3. The van der Waals surface area contributed by atoms with Gasteiger partial charge in [-0.05, 0) is 101 Å². The van der Waals surface area contributed by atoms with E-state index in [4.69, 9.17) is 0 Å². The molecule has 0 aliphatic carbocycles. The van der Waals surface area contributed by atoms with Crippen molar-refractivity contribution in [2.45, 2.75) is 51.4 Å². The first-order valence-corrected chi connectivity index (χ1v) is 23.2. The minimum absolute atomic E-state index is 0.0741. The molecule has 0 spiro atoms. The molecular weight excluding hydrogens is 890 g/mol. The molecular formula is C40H29F3O8S7. The van der Waals surface area contributed by atoms with Gasteiger partial charge in [0.25, 0.3) is 0 Å². The zero-order valence-electron chi connectivity index (χ0n) is 29.8. The average molecular weight is 919 g/mol. The van der Waals surface area contributed by atoms with Crippen molar-refractivity contribution < 1.29 is 52.8 Å². The number of carboxylic acids is 4. The third kappa shape index (κ3) is 9.22. The van der Waals surface area contributed by atoms with E-state index in [9.17, 15) is 39.6 Å². The van der Waals surface area contributed by atoms with Gasteiger partial charge < -0.3 is 20.4 Å². The van der Waals surface area contributed by atoms with Crippen LogP contribution in [0.15, 0.2) is 53.2 Å². The standard InChI is InChI=1S/C40H29F3O8S7/c41-22-15-26(25-13-21(4-8-33(50)51)37(54-25)40-24(43)16-28(57-40)34-18(9-11-52-34)1-5-30(44)45)55-38(22)27-14-20(3-7-32(48)49)35(56-27)29-17-23(42)39(58-29)36-19(10-12-53-36)2-6-31(46)47/h9-17H,1-8H2,(H,44,45)(H,46,47)(H,48,49)(H,50,51). The van der Waals surface area contributed by atoms with Gasteiger partial charge in [0, 0.05) is 59.8 Å². The van der Waals surface area contributed by atoms with Crippen molar-refractivity contribution in [1.82, 2.24) is 0 Å². The van der Waals surface area contributed by atoms with Crippen LogP contribution in [0.1, 0.15) is 47.9 Å². The summed E-state index contributed by atoms with van der Waals surface area (Å²) in [6.45, 7) is 0. The lowest BCUT2D eigenvalue weighted by Gasteiger charge is -2.01. The maximum absolute atomic E-state index is 16.0. The molecule has 0 amide bonds. The number of aryl methyl sites for hydroxylation is 4. The molecule has 7 heterocycles. The highest BCUT2D eigenvalue weighted by Crippen LogP contribution is 2.51. The molecule has 0 aliphatic rings. The number of halogens is 3. The molecule has 0 bridgehead atoms. The van der Waals surface area contributed by atoms with E-state index in [1.807, 2.05) is 11.4 Å². The summed E-state index contributed by atoms with van der Waals surface area (Å²) >= 11 is 8.60. The highest BCUT2D eigenvalue weighted by Gasteiger charge is 2.26. The Labute approximate surface area is 356 Å². The average Bonchev–Trinajstić information content (AvgIpc) is 4.02. The van der Waals surface area contributed by atoms with Crippen molar-refractivity contribution in [2.75, 3.05) is 0 Å². The molecule has 4 N–H and O–H groups in total. The van der Waals surface area contributed by atoms with Gasteiger partial charge >= 0.3 is 23.9 Å². The molecule has 0 saturated carbocycles. The van der Waals surface area contributed by atoms with Crippen LogP contribution in [-0.2, 0) is 44.9 Å². The third-order valence-electron chi connectivity index (χ3n) is 8.93. The van der Waals surface area contributed by atoms with Crippen LogP contribution in [0.2, 0.25) is 0 Å². The number of carbonyl (C=O) groups is 4. The Morgan fingerprint density at radius 2 is 0.741 bits per heavy atom. The summed E-state index contributed by atoms with van der Waals surface area (Å²) in [5.74, 6) is -5.53. The molecule has 7 aromatic heterocycles. The van der Waals surface area contributed by atoms with Crippen molar-refractivity contribution in [1.29, 1.82) is 0 Å². The molecule has 7 aromatic rings. The smallest absolute Gasteiger partial charge is 0.303 e. The summed E-state index contributed by atoms with van der Waals surface area (Å²) in [6.07, 6.45) is 0.126. The Bertz CT molecular complexity index is 2670. The van der Waals surface area contributed by atoms with E-state index in [0.29, 0.717) is 65.5 Å². The fraction of sp³-hybridized carbons (Fsp3) is 0.200. The SMILES string of the molecule is O=C(O)CCc1ccsc1-c1cc(F)c(-c2sc(-c3cc(F)c(-c4cc(CCC(=O)O)c(-c5cc(F)c(-c6sccc6CCC(=O)O)s5)s4)s3)cc2CCC(=O)O)s1. The zero-order chi connectivity index (χ0) is 41.2. The van der Waals surface area contributed by atoms with E-state index < -0.39 is 41.3 Å². The first-order valence-electron chi connectivity index (χ1n) is 17.4. The van der Waals surface area contributed by atoms with Gasteiger partial charge in [-0.25, -0.2) is 13.2 Å². The molecule has 0 fully saturated rings. The topological polar surface area (TPSA) is 149 Å². The van der Waals surface area contributed by atoms with Gasteiger partial charge in [0.2, 0.25) is 0 Å². The number of thiophene rings is 7. The van der Waals surface area contributed by atoms with E-state index in [1.54, 1.807) is 23.6 Å². The Kier molecular flexibility index (Phi) is 12.8. The molecule has 8 nitrogen and oxygen atoms in total. The van der Waals surface area contributed by atoms with Crippen molar-refractivity contribution in [3.05, 3.63) is 92.9 Å². The summed E-state index contributed by atoms with van der Waals surface area (Å²) in [5, 5.41) is 40.9. The van der Waals surface area contributed by atoms with Crippen LogP contribution in [-0.4, -0.2) is 44.3 Å². The molecule has 0 radical (unpaired) electrons. The summed E-state index contributed by atoms with van der Waals surface area (Å²) in [6, 6.07) is 11.2. The number of hydrogen-bond donors (Lipinski definition) is 4. The van der Waals surface area contributed by atoms with Crippen LogP contribution in [0.5, 0.6) is 0 Å². The highest BCUT2D eigenvalue weighted by molar-refractivity contribution is 7.31. The van der Waals surface area contributed by atoms with Crippen LogP contribution >= 0.6 is 79.4 Å².